The van der Waals surface area contributed by atoms with Gasteiger partial charge in [-0.3, -0.25) is 14.9 Å². The molecular weight excluding hydrogens is 304 g/mol. The number of nitrogens with zero attached hydrogens (tertiary/aromatic N) is 1. The number of anilines is 1. The summed E-state index contributed by atoms with van der Waals surface area (Å²) in [5.41, 5.74) is 0.0935. The van der Waals surface area contributed by atoms with E-state index in [9.17, 15) is 24.8 Å². The summed E-state index contributed by atoms with van der Waals surface area (Å²) in [6, 6.07) is 9.12. The summed E-state index contributed by atoms with van der Waals surface area (Å²) in [5.74, 6) is -1.60. The first-order valence-corrected chi connectivity index (χ1v) is 6.39. The van der Waals surface area contributed by atoms with E-state index >= 15 is 0 Å². The van der Waals surface area contributed by atoms with Crippen LogP contribution in [0.2, 0.25) is 0 Å². The third-order valence-electron chi connectivity index (χ3n) is 2.99. The maximum absolute atomic E-state index is 12.1. The van der Waals surface area contributed by atoms with E-state index in [1.54, 1.807) is 0 Å². The van der Waals surface area contributed by atoms with E-state index in [1.165, 1.54) is 37.4 Å². The first kappa shape index (κ1) is 16.0. The summed E-state index contributed by atoms with van der Waals surface area (Å²) in [6.07, 6.45) is 0. The van der Waals surface area contributed by atoms with Gasteiger partial charge < -0.3 is 15.2 Å². The number of ether oxygens (including phenoxy) is 1. The minimum atomic E-state index is -0.662. The Morgan fingerprint density at radius 3 is 2.48 bits per heavy atom. The molecule has 2 rings (SSSR count). The largest absolute Gasteiger partial charge is 0.506 e. The Labute approximate surface area is 130 Å². The average molecular weight is 316 g/mol. The minimum Gasteiger partial charge on any atom is -0.506 e. The van der Waals surface area contributed by atoms with Gasteiger partial charge in [0.25, 0.3) is 11.6 Å². The van der Waals surface area contributed by atoms with Crippen molar-refractivity contribution in [2.45, 2.75) is 0 Å². The molecule has 2 aromatic rings. The second-order valence-electron chi connectivity index (χ2n) is 4.49. The van der Waals surface area contributed by atoms with Gasteiger partial charge in [-0.2, -0.15) is 0 Å². The summed E-state index contributed by atoms with van der Waals surface area (Å²) in [5, 5.41) is 22.7. The lowest BCUT2D eigenvalue weighted by molar-refractivity contribution is -0.384. The molecule has 0 aliphatic rings. The Kier molecular flexibility index (Phi) is 4.55. The van der Waals surface area contributed by atoms with Gasteiger partial charge in [-0.1, -0.05) is 6.07 Å². The number of hydrogen-bond donors (Lipinski definition) is 2. The van der Waals surface area contributed by atoms with Crippen LogP contribution in [0.1, 0.15) is 20.7 Å². The summed E-state index contributed by atoms with van der Waals surface area (Å²) in [6.45, 7) is 0. The number of amides is 1. The van der Waals surface area contributed by atoms with Crippen molar-refractivity contribution >= 4 is 23.3 Å². The molecule has 0 unspecified atom stereocenters. The standard InChI is InChI=1S/C15H12N2O6/c1-23-15(20)10-4-2-3-9(7-10)14(19)16-12-6-5-11(17(21)22)8-13(12)18/h2-8,18H,1H3,(H,16,19). The predicted octanol–water partition coefficient (Wildman–Crippen LogP) is 2.34. The zero-order valence-electron chi connectivity index (χ0n) is 12.0. The first-order valence-electron chi connectivity index (χ1n) is 6.39. The summed E-state index contributed by atoms with van der Waals surface area (Å²) < 4.78 is 4.57. The van der Waals surface area contributed by atoms with Crippen molar-refractivity contribution in [3.63, 3.8) is 0 Å². The molecule has 2 aromatic carbocycles. The van der Waals surface area contributed by atoms with Gasteiger partial charge in [0, 0.05) is 11.6 Å². The number of non-ortho nitro benzene ring substituents is 1. The van der Waals surface area contributed by atoms with Crippen LogP contribution in [-0.4, -0.2) is 29.0 Å². The maximum Gasteiger partial charge on any atom is 0.337 e. The van der Waals surface area contributed by atoms with Gasteiger partial charge in [-0.25, -0.2) is 4.79 Å². The zero-order valence-corrected chi connectivity index (χ0v) is 12.0. The fourth-order valence-electron chi connectivity index (χ4n) is 1.84. The zero-order chi connectivity index (χ0) is 17.0. The topological polar surface area (TPSA) is 119 Å². The molecule has 0 bridgehead atoms. The molecule has 23 heavy (non-hydrogen) atoms. The number of aromatic hydroxyl groups is 1. The number of methoxy groups -OCH3 is 1. The number of benzene rings is 2. The molecule has 8 heteroatoms. The molecule has 0 saturated heterocycles. The molecule has 0 aromatic heterocycles. The fraction of sp³-hybridized carbons (Fsp3) is 0.0667. The molecule has 0 saturated carbocycles. The van der Waals surface area contributed by atoms with E-state index in [4.69, 9.17) is 0 Å². The van der Waals surface area contributed by atoms with Gasteiger partial charge in [0.2, 0.25) is 0 Å². The Morgan fingerprint density at radius 2 is 1.87 bits per heavy atom. The molecule has 0 atom stereocenters. The number of esters is 1. The van der Waals surface area contributed by atoms with Crippen LogP contribution in [0.5, 0.6) is 5.75 Å². The van der Waals surface area contributed by atoms with Crippen LogP contribution >= 0.6 is 0 Å². The number of nitro groups is 1. The smallest absolute Gasteiger partial charge is 0.337 e. The summed E-state index contributed by atoms with van der Waals surface area (Å²) >= 11 is 0. The number of hydrogen-bond acceptors (Lipinski definition) is 6. The lowest BCUT2D eigenvalue weighted by atomic mass is 10.1. The van der Waals surface area contributed by atoms with Gasteiger partial charge >= 0.3 is 5.97 Å². The summed E-state index contributed by atoms with van der Waals surface area (Å²) in [7, 11) is 1.23. The third-order valence-corrected chi connectivity index (χ3v) is 2.99. The fourth-order valence-corrected chi connectivity index (χ4v) is 1.84. The maximum atomic E-state index is 12.1. The van der Waals surface area contributed by atoms with Crippen LogP contribution in [0.25, 0.3) is 0 Å². The highest BCUT2D eigenvalue weighted by Crippen LogP contribution is 2.28. The van der Waals surface area contributed by atoms with E-state index in [0.717, 1.165) is 12.1 Å². The Hall–Kier alpha value is -3.42. The Morgan fingerprint density at radius 1 is 1.17 bits per heavy atom. The molecular formula is C15H12N2O6. The quantitative estimate of drug-likeness (QED) is 0.387. The molecule has 0 spiro atoms. The average Bonchev–Trinajstić information content (AvgIpc) is 2.55. The number of nitro benzene ring substituents is 1. The monoisotopic (exact) mass is 316 g/mol. The molecule has 0 fully saturated rings. The number of phenols is 1. The van der Waals surface area contributed by atoms with Crippen molar-refractivity contribution < 1.29 is 24.4 Å². The number of nitrogens with one attached hydrogen (secondary N) is 1. The number of phenolic OH excluding ortho intramolecular Hbond substituents is 1. The van der Waals surface area contributed by atoms with Gasteiger partial charge in [0.1, 0.15) is 5.75 Å². The van der Waals surface area contributed by atoms with Gasteiger partial charge in [-0.15, -0.1) is 0 Å². The van der Waals surface area contributed by atoms with Crippen molar-refractivity contribution in [2.24, 2.45) is 0 Å². The minimum absolute atomic E-state index is 0.0177. The van der Waals surface area contributed by atoms with Crippen molar-refractivity contribution in [3.05, 3.63) is 63.7 Å². The number of rotatable bonds is 4. The van der Waals surface area contributed by atoms with Crippen LogP contribution in [0.3, 0.4) is 0 Å². The van der Waals surface area contributed by atoms with E-state index in [2.05, 4.69) is 10.1 Å². The lowest BCUT2D eigenvalue weighted by Crippen LogP contribution is -2.13. The third kappa shape index (κ3) is 3.62. The molecule has 8 nitrogen and oxygen atoms in total. The van der Waals surface area contributed by atoms with Crippen molar-refractivity contribution in [1.29, 1.82) is 0 Å². The Bertz CT molecular complexity index is 787. The van der Waals surface area contributed by atoms with E-state index in [-0.39, 0.29) is 22.5 Å². The Balaban J connectivity index is 2.22. The molecule has 2 N–H and O–H groups in total. The molecule has 0 aliphatic carbocycles. The second-order valence-corrected chi connectivity index (χ2v) is 4.49. The van der Waals surface area contributed by atoms with Crippen LogP contribution in [0.15, 0.2) is 42.5 Å². The van der Waals surface area contributed by atoms with E-state index in [0.29, 0.717) is 0 Å². The van der Waals surface area contributed by atoms with Crippen LogP contribution in [0.4, 0.5) is 11.4 Å². The van der Waals surface area contributed by atoms with Gasteiger partial charge in [0.05, 0.1) is 29.4 Å². The SMILES string of the molecule is COC(=O)c1cccc(C(=O)Nc2ccc([N+](=O)[O-])cc2O)c1. The van der Waals surface area contributed by atoms with Crippen molar-refractivity contribution in [2.75, 3.05) is 12.4 Å². The molecule has 0 aliphatic heterocycles. The molecule has 118 valence electrons. The lowest BCUT2D eigenvalue weighted by Gasteiger charge is -2.08. The molecule has 0 radical (unpaired) electrons. The molecule has 0 heterocycles. The highest BCUT2D eigenvalue weighted by Gasteiger charge is 2.14. The van der Waals surface area contributed by atoms with Crippen LogP contribution in [-0.2, 0) is 4.74 Å². The predicted molar refractivity (Wildman–Crippen MR) is 80.5 cm³/mol. The molecule has 1 amide bonds. The highest BCUT2D eigenvalue weighted by molar-refractivity contribution is 6.06. The van der Waals surface area contributed by atoms with Crippen LogP contribution in [0, 0.1) is 10.1 Å². The number of carbonyl (C=O) groups is 2. The normalized spacial score (nSPS) is 9.96. The number of carbonyl (C=O) groups excluding carboxylic acids is 2. The first-order chi connectivity index (χ1) is 10.9. The van der Waals surface area contributed by atoms with Crippen LogP contribution < -0.4 is 5.32 Å². The summed E-state index contributed by atoms with van der Waals surface area (Å²) in [4.78, 5) is 33.5. The highest BCUT2D eigenvalue weighted by atomic mass is 16.6. The second kappa shape index (κ2) is 6.56. The van der Waals surface area contributed by atoms with E-state index < -0.39 is 22.5 Å². The van der Waals surface area contributed by atoms with E-state index in [1.807, 2.05) is 0 Å². The van der Waals surface area contributed by atoms with Gasteiger partial charge in [-0.05, 0) is 24.3 Å². The van der Waals surface area contributed by atoms with Crippen molar-refractivity contribution in [3.8, 4) is 5.75 Å². The van der Waals surface area contributed by atoms with Gasteiger partial charge in [0.15, 0.2) is 0 Å². The van der Waals surface area contributed by atoms with Crippen molar-refractivity contribution in [1.82, 2.24) is 0 Å².